The Morgan fingerprint density at radius 1 is 1.67 bits per heavy atom. The largest absolute Gasteiger partial charge is 0.338 e. The van der Waals surface area contributed by atoms with E-state index in [9.17, 15) is 9.18 Å². The molecule has 82 valence electrons. The number of pyridine rings is 1. The van der Waals surface area contributed by atoms with Gasteiger partial charge in [0.2, 0.25) is 0 Å². The summed E-state index contributed by atoms with van der Waals surface area (Å²) in [6.07, 6.45) is 2.40. The molecule has 1 rings (SSSR count). The SMILES string of the molecule is CC(CN)N(C)C(=O)c1cncc(F)c1. The predicted molar refractivity (Wildman–Crippen MR) is 54.8 cm³/mol. The highest BCUT2D eigenvalue weighted by atomic mass is 19.1. The molecule has 0 saturated heterocycles. The third-order valence-electron chi connectivity index (χ3n) is 2.27. The molecule has 1 heterocycles. The predicted octanol–water partition coefficient (Wildman–Crippen LogP) is 0.640. The summed E-state index contributed by atoms with van der Waals surface area (Å²) in [7, 11) is 1.63. The van der Waals surface area contributed by atoms with Crippen molar-refractivity contribution in [2.45, 2.75) is 13.0 Å². The standard InChI is InChI=1S/C10H14FN3O/c1-7(4-12)14(2)10(15)8-3-9(11)6-13-5-8/h3,5-7H,4,12H2,1-2H3. The van der Waals surface area contributed by atoms with E-state index in [0.717, 1.165) is 12.3 Å². The smallest absolute Gasteiger partial charge is 0.255 e. The lowest BCUT2D eigenvalue weighted by Crippen LogP contribution is -2.39. The van der Waals surface area contributed by atoms with Gasteiger partial charge in [0.25, 0.3) is 5.91 Å². The number of rotatable bonds is 3. The number of carbonyl (C=O) groups excluding carboxylic acids is 1. The molecule has 0 spiro atoms. The molecule has 1 atom stereocenters. The summed E-state index contributed by atoms with van der Waals surface area (Å²) in [4.78, 5) is 16.8. The van der Waals surface area contributed by atoms with Crippen molar-refractivity contribution in [3.63, 3.8) is 0 Å². The van der Waals surface area contributed by atoms with Crippen LogP contribution < -0.4 is 5.73 Å². The fourth-order valence-corrected chi connectivity index (χ4v) is 1.09. The minimum Gasteiger partial charge on any atom is -0.338 e. The van der Waals surface area contributed by atoms with E-state index in [4.69, 9.17) is 5.73 Å². The van der Waals surface area contributed by atoms with E-state index in [1.807, 2.05) is 6.92 Å². The number of likely N-dealkylation sites (N-methyl/N-ethyl adjacent to an activating group) is 1. The lowest BCUT2D eigenvalue weighted by atomic mass is 10.2. The van der Waals surface area contributed by atoms with E-state index in [1.54, 1.807) is 7.05 Å². The van der Waals surface area contributed by atoms with Crippen LogP contribution in [0.3, 0.4) is 0 Å². The summed E-state index contributed by atoms with van der Waals surface area (Å²) < 4.78 is 12.8. The van der Waals surface area contributed by atoms with Gasteiger partial charge in [0.15, 0.2) is 0 Å². The summed E-state index contributed by atoms with van der Waals surface area (Å²) in [5.41, 5.74) is 5.67. The zero-order chi connectivity index (χ0) is 11.4. The summed E-state index contributed by atoms with van der Waals surface area (Å²) in [5.74, 6) is -0.797. The highest BCUT2D eigenvalue weighted by molar-refractivity contribution is 5.93. The minimum atomic E-state index is -0.519. The lowest BCUT2D eigenvalue weighted by molar-refractivity contribution is 0.0747. The van der Waals surface area contributed by atoms with Gasteiger partial charge in [-0.1, -0.05) is 0 Å². The Bertz CT molecular complexity index is 356. The Morgan fingerprint density at radius 2 is 2.33 bits per heavy atom. The van der Waals surface area contributed by atoms with Crippen LogP contribution in [0.2, 0.25) is 0 Å². The molecule has 5 heteroatoms. The molecule has 15 heavy (non-hydrogen) atoms. The monoisotopic (exact) mass is 211 g/mol. The van der Waals surface area contributed by atoms with E-state index in [-0.39, 0.29) is 17.5 Å². The maximum atomic E-state index is 12.8. The van der Waals surface area contributed by atoms with Gasteiger partial charge in [-0.3, -0.25) is 9.78 Å². The first-order chi connectivity index (χ1) is 7.06. The third kappa shape index (κ3) is 2.73. The van der Waals surface area contributed by atoms with Crippen molar-refractivity contribution in [2.24, 2.45) is 5.73 Å². The maximum absolute atomic E-state index is 12.8. The minimum absolute atomic E-state index is 0.0826. The number of hydrogen-bond donors (Lipinski definition) is 1. The number of carbonyl (C=O) groups is 1. The molecular formula is C10H14FN3O. The first-order valence-corrected chi connectivity index (χ1v) is 4.64. The normalized spacial score (nSPS) is 12.3. The van der Waals surface area contributed by atoms with Crippen LogP contribution in [-0.4, -0.2) is 35.4 Å². The lowest BCUT2D eigenvalue weighted by Gasteiger charge is -2.23. The molecule has 1 aromatic heterocycles. The van der Waals surface area contributed by atoms with Crippen molar-refractivity contribution in [3.8, 4) is 0 Å². The molecule has 1 amide bonds. The number of nitrogens with two attached hydrogens (primary N) is 1. The van der Waals surface area contributed by atoms with Gasteiger partial charge in [0, 0.05) is 25.8 Å². The van der Waals surface area contributed by atoms with Crippen molar-refractivity contribution in [2.75, 3.05) is 13.6 Å². The van der Waals surface area contributed by atoms with Gasteiger partial charge in [-0.15, -0.1) is 0 Å². The number of nitrogens with zero attached hydrogens (tertiary/aromatic N) is 2. The Balaban J connectivity index is 2.85. The molecule has 1 unspecified atom stereocenters. The van der Waals surface area contributed by atoms with E-state index >= 15 is 0 Å². The summed E-state index contributed by atoms with van der Waals surface area (Å²) >= 11 is 0. The van der Waals surface area contributed by atoms with E-state index in [2.05, 4.69) is 4.98 Å². The van der Waals surface area contributed by atoms with Crippen LogP contribution in [0.15, 0.2) is 18.5 Å². The second-order valence-electron chi connectivity index (χ2n) is 3.39. The highest BCUT2D eigenvalue weighted by Gasteiger charge is 2.16. The van der Waals surface area contributed by atoms with Crippen LogP contribution >= 0.6 is 0 Å². The molecule has 0 radical (unpaired) electrons. The van der Waals surface area contributed by atoms with Gasteiger partial charge in [-0.2, -0.15) is 0 Å². The van der Waals surface area contributed by atoms with Crippen molar-refractivity contribution < 1.29 is 9.18 Å². The molecule has 0 aliphatic carbocycles. The number of halogens is 1. The summed E-state index contributed by atoms with van der Waals surface area (Å²) in [6, 6.07) is 1.08. The van der Waals surface area contributed by atoms with Crippen molar-refractivity contribution in [3.05, 3.63) is 29.8 Å². The average Bonchev–Trinajstić information content (AvgIpc) is 2.26. The van der Waals surface area contributed by atoms with Gasteiger partial charge in [0.05, 0.1) is 11.8 Å². The van der Waals surface area contributed by atoms with Crippen molar-refractivity contribution >= 4 is 5.91 Å². The molecule has 0 saturated carbocycles. The molecule has 4 nitrogen and oxygen atoms in total. The molecule has 0 bridgehead atoms. The van der Waals surface area contributed by atoms with Gasteiger partial charge in [-0.25, -0.2) is 4.39 Å². The molecule has 1 aromatic rings. The van der Waals surface area contributed by atoms with Crippen molar-refractivity contribution in [1.82, 2.24) is 9.88 Å². The van der Waals surface area contributed by atoms with Gasteiger partial charge in [-0.05, 0) is 13.0 Å². The van der Waals surface area contributed by atoms with Crippen LogP contribution in [-0.2, 0) is 0 Å². The average molecular weight is 211 g/mol. The van der Waals surface area contributed by atoms with Gasteiger partial charge >= 0.3 is 0 Å². The van der Waals surface area contributed by atoms with E-state index < -0.39 is 5.82 Å². The van der Waals surface area contributed by atoms with Crippen LogP contribution in [0, 0.1) is 5.82 Å². The first-order valence-electron chi connectivity index (χ1n) is 4.64. The summed E-state index contributed by atoms with van der Waals surface area (Å²) in [6.45, 7) is 2.19. The Labute approximate surface area is 87.9 Å². The quantitative estimate of drug-likeness (QED) is 0.798. The Hall–Kier alpha value is -1.49. The van der Waals surface area contributed by atoms with Crippen LogP contribution in [0.1, 0.15) is 17.3 Å². The number of aromatic nitrogens is 1. The third-order valence-corrected chi connectivity index (χ3v) is 2.27. The highest BCUT2D eigenvalue weighted by Crippen LogP contribution is 2.06. The molecular weight excluding hydrogens is 197 g/mol. The van der Waals surface area contributed by atoms with Gasteiger partial charge in [0.1, 0.15) is 5.82 Å². The second kappa shape index (κ2) is 4.84. The summed E-state index contributed by atoms with van der Waals surface area (Å²) in [5, 5.41) is 0. The molecule has 0 fully saturated rings. The molecule has 0 aliphatic rings. The number of hydrogen-bond acceptors (Lipinski definition) is 3. The molecule has 2 N–H and O–H groups in total. The van der Waals surface area contributed by atoms with Crippen LogP contribution in [0.4, 0.5) is 4.39 Å². The zero-order valence-corrected chi connectivity index (χ0v) is 8.77. The van der Waals surface area contributed by atoms with Crippen LogP contribution in [0.5, 0.6) is 0 Å². The molecule has 0 aliphatic heterocycles. The number of amides is 1. The van der Waals surface area contributed by atoms with E-state index in [1.165, 1.54) is 11.1 Å². The second-order valence-corrected chi connectivity index (χ2v) is 3.39. The van der Waals surface area contributed by atoms with Gasteiger partial charge < -0.3 is 10.6 Å². The fraction of sp³-hybridized carbons (Fsp3) is 0.400. The van der Waals surface area contributed by atoms with E-state index in [0.29, 0.717) is 6.54 Å². The zero-order valence-electron chi connectivity index (χ0n) is 8.77. The topological polar surface area (TPSA) is 59.2 Å². The van der Waals surface area contributed by atoms with Crippen molar-refractivity contribution in [1.29, 1.82) is 0 Å². The van der Waals surface area contributed by atoms with Crippen LogP contribution in [0.25, 0.3) is 0 Å². The Morgan fingerprint density at radius 3 is 2.87 bits per heavy atom. The fourth-order valence-electron chi connectivity index (χ4n) is 1.09. The molecule has 0 aromatic carbocycles. The maximum Gasteiger partial charge on any atom is 0.255 e. The Kier molecular flexibility index (Phi) is 3.74. The first kappa shape index (κ1) is 11.6.